The number of ether oxygens (including phenoxy) is 1. The van der Waals surface area contributed by atoms with Crippen molar-refractivity contribution < 1.29 is 9.53 Å². The van der Waals surface area contributed by atoms with Gasteiger partial charge < -0.3 is 4.74 Å². The van der Waals surface area contributed by atoms with E-state index in [4.69, 9.17) is 27.9 Å². The van der Waals surface area contributed by atoms with Crippen molar-refractivity contribution in [2.24, 2.45) is 0 Å². The molecule has 20 heavy (non-hydrogen) atoms. The van der Waals surface area contributed by atoms with Crippen molar-refractivity contribution in [3.05, 3.63) is 57.8 Å². The van der Waals surface area contributed by atoms with Crippen molar-refractivity contribution in [1.82, 2.24) is 4.98 Å². The lowest BCUT2D eigenvalue weighted by molar-refractivity contribution is 0.103. The summed E-state index contributed by atoms with van der Waals surface area (Å²) in [6, 6.07) is 6.42. The first-order chi connectivity index (χ1) is 9.47. The molecule has 0 radical (unpaired) electrons. The second-order valence-corrected chi connectivity index (χ2v) is 5.37. The van der Waals surface area contributed by atoms with Gasteiger partial charge in [-0.15, -0.1) is 0 Å². The van der Waals surface area contributed by atoms with E-state index < -0.39 is 0 Å². The number of hydrogen-bond acceptors (Lipinski definition) is 3. The maximum atomic E-state index is 12.4. The van der Waals surface area contributed by atoms with Crippen LogP contribution in [0.4, 0.5) is 0 Å². The summed E-state index contributed by atoms with van der Waals surface area (Å²) in [7, 11) is 0. The Kier molecular flexibility index (Phi) is 4.63. The first-order valence-electron chi connectivity index (χ1n) is 6.09. The van der Waals surface area contributed by atoms with Crippen LogP contribution in [0.15, 0.2) is 36.7 Å². The van der Waals surface area contributed by atoms with Gasteiger partial charge in [0.2, 0.25) is 0 Å². The van der Waals surface area contributed by atoms with Crippen molar-refractivity contribution in [2.45, 2.75) is 20.0 Å². The highest BCUT2D eigenvalue weighted by molar-refractivity contribution is 6.36. The van der Waals surface area contributed by atoms with Gasteiger partial charge in [-0.25, -0.2) is 0 Å². The van der Waals surface area contributed by atoms with Crippen LogP contribution in [0, 0.1) is 0 Å². The number of carbonyl (C=O) groups is 1. The molecule has 2 aromatic rings. The molecule has 1 aromatic carbocycles. The molecule has 0 amide bonds. The molecular formula is C15H13Cl2NO2. The van der Waals surface area contributed by atoms with Crippen LogP contribution in [0.3, 0.4) is 0 Å². The van der Waals surface area contributed by atoms with E-state index in [1.54, 1.807) is 30.5 Å². The maximum Gasteiger partial charge on any atom is 0.196 e. The number of rotatable bonds is 4. The molecule has 1 aromatic heterocycles. The predicted octanol–water partition coefficient (Wildman–Crippen LogP) is 4.41. The van der Waals surface area contributed by atoms with Gasteiger partial charge >= 0.3 is 0 Å². The number of pyridine rings is 1. The molecule has 0 unspecified atom stereocenters. The molecule has 5 heteroatoms. The van der Waals surface area contributed by atoms with Crippen LogP contribution in [0.1, 0.15) is 29.8 Å². The van der Waals surface area contributed by atoms with E-state index in [1.165, 1.54) is 6.20 Å². The van der Waals surface area contributed by atoms with Crippen molar-refractivity contribution in [2.75, 3.05) is 0 Å². The largest absolute Gasteiger partial charge is 0.489 e. The standard InChI is InChI=1S/C15H13Cl2NO2/c1-9(2)20-12-5-10(7-18-8-12)15(19)13-6-11(16)3-4-14(13)17/h3-9H,1-2H3. The summed E-state index contributed by atoms with van der Waals surface area (Å²) >= 11 is 11.9. The van der Waals surface area contributed by atoms with Gasteiger partial charge in [-0.1, -0.05) is 23.2 Å². The average Bonchev–Trinajstić information content (AvgIpc) is 2.40. The molecule has 104 valence electrons. The SMILES string of the molecule is CC(C)Oc1cncc(C(=O)c2cc(Cl)ccc2Cl)c1. The Morgan fingerprint density at radius 3 is 2.65 bits per heavy atom. The van der Waals surface area contributed by atoms with Gasteiger partial charge in [0.25, 0.3) is 0 Å². The number of ketones is 1. The van der Waals surface area contributed by atoms with Crippen LogP contribution in [-0.2, 0) is 0 Å². The van der Waals surface area contributed by atoms with E-state index >= 15 is 0 Å². The van der Waals surface area contributed by atoms with E-state index in [0.29, 0.717) is 26.9 Å². The maximum absolute atomic E-state index is 12.4. The molecule has 0 aliphatic rings. The van der Waals surface area contributed by atoms with Gasteiger partial charge in [-0.05, 0) is 38.1 Å². The van der Waals surface area contributed by atoms with Crippen molar-refractivity contribution in [1.29, 1.82) is 0 Å². The summed E-state index contributed by atoms with van der Waals surface area (Å²) in [6.45, 7) is 3.81. The number of nitrogens with zero attached hydrogens (tertiary/aromatic N) is 1. The topological polar surface area (TPSA) is 39.2 Å². The summed E-state index contributed by atoms with van der Waals surface area (Å²) in [5, 5.41) is 0.815. The van der Waals surface area contributed by atoms with Crippen LogP contribution in [0.25, 0.3) is 0 Å². The summed E-state index contributed by atoms with van der Waals surface area (Å²) in [4.78, 5) is 16.4. The fraction of sp³-hybridized carbons (Fsp3) is 0.200. The zero-order valence-corrected chi connectivity index (χ0v) is 12.6. The molecule has 0 atom stereocenters. The minimum atomic E-state index is -0.237. The fourth-order valence-corrected chi connectivity index (χ4v) is 2.08. The fourth-order valence-electron chi connectivity index (χ4n) is 1.71. The third kappa shape index (κ3) is 3.50. The Bertz CT molecular complexity index is 642. The lowest BCUT2D eigenvalue weighted by atomic mass is 10.0. The Labute approximate surface area is 127 Å². The Morgan fingerprint density at radius 2 is 1.95 bits per heavy atom. The number of aromatic nitrogens is 1. The first-order valence-corrected chi connectivity index (χ1v) is 6.84. The zero-order valence-electron chi connectivity index (χ0n) is 11.1. The molecule has 0 spiro atoms. The minimum Gasteiger partial charge on any atom is -0.489 e. The summed E-state index contributed by atoms with van der Waals surface area (Å²) in [5.74, 6) is 0.309. The lowest BCUT2D eigenvalue weighted by Gasteiger charge is -2.10. The van der Waals surface area contributed by atoms with Gasteiger partial charge in [-0.3, -0.25) is 9.78 Å². The van der Waals surface area contributed by atoms with Gasteiger partial charge in [0.15, 0.2) is 5.78 Å². The number of carbonyl (C=O) groups excluding carboxylic acids is 1. The van der Waals surface area contributed by atoms with E-state index in [9.17, 15) is 4.79 Å². The molecule has 0 fully saturated rings. The third-order valence-electron chi connectivity index (χ3n) is 2.52. The van der Waals surface area contributed by atoms with E-state index in [1.807, 2.05) is 13.8 Å². The molecule has 3 nitrogen and oxygen atoms in total. The number of benzene rings is 1. The average molecular weight is 310 g/mol. The molecule has 0 aliphatic carbocycles. The molecule has 0 N–H and O–H groups in total. The van der Waals surface area contributed by atoms with Crippen LogP contribution in [0.5, 0.6) is 5.75 Å². The first kappa shape index (κ1) is 14.8. The van der Waals surface area contributed by atoms with Gasteiger partial charge in [-0.2, -0.15) is 0 Å². The van der Waals surface area contributed by atoms with Crippen LogP contribution >= 0.6 is 23.2 Å². The van der Waals surface area contributed by atoms with Gasteiger partial charge in [0, 0.05) is 22.3 Å². The normalized spacial score (nSPS) is 10.7. The molecule has 0 saturated carbocycles. The summed E-state index contributed by atoms with van der Waals surface area (Å²) in [5.41, 5.74) is 0.759. The molecule has 0 aliphatic heterocycles. The predicted molar refractivity (Wildman–Crippen MR) is 79.9 cm³/mol. The smallest absolute Gasteiger partial charge is 0.196 e. The van der Waals surface area contributed by atoms with E-state index in [2.05, 4.69) is 4.98 Å². The third-order valence-corrected chi connectivity index (χ3v) is 3.08. The molecule has 2 rings (SSSR count). The molecule has 0 saturated heterocycles. The lowest BCUT2D eigenvalue weighted by Crippen LogP contribution is -2.08. The Hall–Kier alpha value is -1.58. The molecule has 0 bridgehead atoms. The van der Waals surface area contributed by atoms with E-state index in [0.717, 1.165) is 0 Å². The van der Waals surface area contributed by atoms with Crippen LogP contribution in [-0.4, -0.2) is 16.9 Å². The van der Waals surface area contributed by atoms with E-state index in [-0.39, 0.29) is 11.9 Å². The quantitative estimate of drug-likeness (QED) is 0.785. The number of hydrogen-bond donors (Lipinski definition) is 0. The van der Waals surface area contributed by atoms with Crippen LogP contribution < -0.4 is 4.74 Å². The highest BCUT2D eigenvalue weighted by Crippen LogP contribution is 2.24. The second kappa shape index (κ2) is 6.25. The summed E-state index contributed by atoms with van der Waals surface area (Å²) in [6.07, 6.45) is 3.06. The van der Waals surface area contributed by atoms with Crippen molar-refractivity contribution in [3.63, 3.8) is 0 Å². The van der Waals surface area contributed by atoms with Crippen molar-refractivity contribution in [3.8, 4) is 5.75 Å². The highest BCUT2D eigenvalue weighted by atomic mass is 35.5. The molecule has 1 heterocycles. The van der Waals surface area contributed by atoms with Crippen LogP contribution in [0.2, 0.25) is 10.0 Å². The Balaban J connectivity index is 2.35. The molecular weight excluding hydrogens is 297 g/mol. The monoisotopic (exact) mass is 309 g/mol. The van der Waals surface area contributed by atoms with Crippen molar-refractivity contribution >= 4 is 29.0 Å². The zero-order chi connectivity index (χ0) is 14.7. The number of halogens is 2. The summed E-state index contributed by atoms with van der Waals surface area (Å²) < 4.78 is 5.52. The van der Waals surface area contributed by atoms with Gasteiger partial charge in [0.1, 0.15) is 5.75 Å². The second-order valence-electron chi connectivity index (χ2n) is 4.53. The highest BCUT2D eigenvalue weighted by Gasteiger charge is 2.15. The van der Waals surface area contributed by atoms with Gasteiger partial charge in [0.05, 0.1) is 17.3 Å². The minimum absolute atomic E-state index is 0.0110. The Morgan fingerprint density at radius 1 is 1.20 bits per heavy atom.